The summed E-state index contributed by atoms with van der Waals surface area (Å²) in [6.07, 6.45) is 0.0559. The van der Waals surface area contributed by atoms with Gasteiger partial charge in [-0.15, -0.1) is 0 Å². The van der Waals surface area contributed by atoms with Crippen molar-refractivity contribution in [2.24, 2.45) is 0 Å². The molecule has 114 valence electrons. The fraction of sp³-hybridized carbons (Fsp3) is 0.133. The van der Waals surface area contributed by atoms with Gasteiger partial charge in [0.1, 0.15) is 11.5 Å². The molecule has 7 heteroatoms. The van der Waals surface area contributed by atoms with Crippen LogP contribution in [0.15, 0.2) is 48.5 Å². The van der Waals surface area contributed by atoms with Crippen LogP contribution in [-0.4, -0.2) is 17.4 Å². The Hall–Kier alpha value is -2.96. The summed E-state index contributed by atoms with van der Waals surface area (Å²) in [5.74, 6) is -0.890. The average Bonchev–Trinajstić information content (AvgIpc) is 2.50. The Kier molecular flexibility index (Phi) is 5.02. The molecule has 0 unspecified atom stereocenters. The molecule has 22 heavy (non-hydrogen) atoms. The highest BCUT2D eigenvalue weighted by molar-refractivity contribution is 5.91. The third-order valence-electron chi connectivity index (χ3n) is 2.92. The lowest BCUT2D eigenvalue weighted by molar-refractivity contribution is -0.384. The Bertz CT molecular complexity index is 691. The van der Waals surface area contributed by atoms with Crippen molar-refractivity contribution in [1.29, 1.82) is 0 Å². The second-order valence-electron chi connectivity index (χ2n) is 4.48. The Morgan fingerprint density at radius 1 is 1.09 bits per heavy atom. The maximum atomic E-state index is 13.4. The van der Waals surface area contributed by atoms with Crippen molar-refractivity contribution in [3.63, 3.8) is 0 Å². The molecule has 2 aromatic carbocycles. The quantitative estimate of drug-likeness (QED) is 0.634. The van der Waals surface area contributed by atoms with E-state index in [1.54, 1.807) is 24.3 Å². The molecule has 2 aromatic rings. The summed E-state index contributed by atoms with van der Waals surface area (Å²) in [4.78, 5) is 22.1. The highest BCUT2D eigenvalue weighted by Crippen LogP contribution is 2.22. The highest BCUT2D eigenvalue weighted by atomic mass is 19.1. The summed E-state index contributed by atoms with van der Waals surface area (Å²) in [6, 6.07) is 12.0. The zero-order chi connectivity index (χ0) is 15.9. The number of rotatable bonds is 6. The molecule has 0 aliphatic heterocycles. The summed E-state index contributed by atoms with van der Waals surface area (Å²) >= 11 is 0. The van der Waals surface area contributed by atoms with E-state index in [2.05, 4.69) is 10.6 Å². The van der Waals surface area contributed by atoms with Gasteiger partial charge in [-0.25, -0.2) is 4.39 Å². The van der Waals surface area contributed by atoms with E-state index in [0.717, 1.165) is 0 Å². The maximum absolute atomic E-state index is 13.4. The average molecular weight is 303 g/mol. The van der Waals surface area contributed by atoms with E-state index in [0.29, 0.717) is 5.69 Å². The summed E-state index contributed by atoms with van der Waals surface area (Å²) in [5, 5.41) is 16.1. The lowest BCUT2D eigenvalue weighted by atomic mass is 10.2. The number of nitrogens with one attached hydrogen (secondary N) is 2. The molecule has 1 amide bonds. The number of benzene rings is 2. The van der Waals surface area contributed by atoms with Crippen molar-refractivity contribution in [1.82, 2.24) is 0 Å². The molecular formula is C15H14FN3O3. The zero-order valence-corrected chi connectivity index (χ0v) is 11.6. The van der Waals surface area contributed by atoms with Crippen molar-refractivity contribution < 1.29 is 14.1 Å². The zero-order valence-electron chi connectivity index (χ0n) is 11.6. The van der Waals surface area contributed by atoms with Crippen LogP contribution in [0.4, 0.5) is 21.5 Å². The van der Waals surface area contributed by atoms with Gasteiger partial charge in [0.2, 0.25) is 5.91 Å². The number of carbonyl (C=O) groups is 1. The maximum Gasteiger partial charge on any atom is 0.292 e. The van der Waals surface area contributed by atoms with Gasteiger partial charge < -0.3 is 10.6 Å². The van der Waals surface area contributed by atoms with E-state index in [1.165, 1.54) is 24.3 Å². The van der Waals surface area contributed by atoms with E-state index >= 15 is 0 Å². The van der Waals surface area contributed by atoms with Crippen LogP contribution in [-0.2, 0) is 4.79 Å². The van der Waals surface area contributed by atoms with Crippen molar-refractivity contribution in [2.75, 3.05) is 17.2 Å². The molecule has 0 aliphatic rings. The fourth-order valence-corrected chi connectivity index (χ4v) is 1.87. The molecule has 0 bridgehead atoms. The van der Waals surface area contributed by atoms with Crippen LogP contribution < -0.4 is 10.6 Å². The molecule has 0 aromatic heterocycles. The Labute approximate surface area is 126 Å². The van der Waals surface area contributed by atoms with Crippen molar-refractivity contribution in [3.05, 3.63) is 64.5 Å². The predicted octanol–water partition coefficient (Wildman–Crippen LogP) is 3.17. The van der Waals surface area contributed by atoms with Gasteiger partial charge in [0, 0.05) is 19.0 Å². The van der Waals surface area contributed by atoms with Crippen LogP contribution in [0.25, 0.3) is 0 Å². The van der Waals surface area contributed by atoms with Gasteiger partial charge in [0.25, 0.3) is 5.69 Å². The van der Waals surface area contributed by atoms with Gasteiger partial charge in [-0.1, -0.05) is 24.3 Å². The SMILES string of the molecule is O=C(CCNc1ccccc1[N+](=O)[O-])Nc1ccccc1F. The van der Waals surface area contributed by atoms with Crippen LogP contribution in [0.2, 0.25) is 0 Å². The van der Waals surface area contributed by atoms with Gasteiger partial charge in [0.15, 0.2) is 0 Å². The number of hydrogen-bond acceptors (Lipinski definition) is 4. The third-order valence-corrected chi connectivity index (χ3v) is 2.92. The van der Waals surface area contributed by atoms with E-state index in [1.807, 2.05) is 0 Å². The first-order valence-electron chi connectivity index (χ1n) is 6.59. The van der Waals surface area contributed by atoms with Crippen LogP contribution in [0, 0.1) is 15.9 Å². The smallest absolute Gasteiger partial charge is 0.292 e. The minimum absolute atomic E-state index is 0.0559. The number of halogens is 1. The lowest BCUT2D eigenvalue weighted by Gasteiger charge is -2.08. The Morgan fingerprint density at radius 3 is 2.41 bits per heavy atom. The van der Waals surface area contributed by atoms with Gasteiger partial charge in [-0.3, -0.25) is 14.9 Å². The van der Waals surface area contributed by atoms with Gasteiger partial charge >= 0.3 is 0 Å². The largest absolute Gasteiger partial charge is 0.379 e. The lowest BCUT2D eigenvalue weighted by Crippen LogP contribution is -2.17. The number of hydrogen-bond donors (Lipinski definition) is 2. The molecule has 0 saturated heterocycles. The van der Waals surface area contributed by atoms with Crippen molar-refractivity contribution in [2.45, 2.75) is 6.42 Å². The van der Waals surface area contributed by atoms with E-state index < -0.39 is 10.7 Å². The molecular weight excluding hydrogens is 289 g/mol. The number of nitro groups is 1. The first-order chi connectivity index (χ1) is 10.6. The highest BCUT2D eigenvalue weighted by Gasteiger charge is 2.12. The number of para-hydroxylation sites is 3. The van der Waals surface area contributed by atoms with Crippen LogP contribution >= 0.6 is 0 Å². The summed E-state index contributed by atoms with van der Waals surface area (Å²) in [6.45, 7) is 0.200. The first kappa shape index (κ1) is 15.4. The summed E-state index contributed by atoms with van der Waals surface area (Å²) in [7, 11) is 0. The summed E-state index contributed by atoms with van der Waals surface area (Å²) < 4.78 is 13.4. The molecule has 0 fully saturated rings. The van der Waals surface area contributed by atoms with Crippen molar-refractivity contribution in [3.8, 4) is 0 Å². The Balaban J connectivity index is 1.88. The van der Waals surface area contributed by atoms with E-state index in [-0.39, 0.29) is 30.2 Å². The van der Waals surface area contributed by atoms with Gasteiger partial charge in [-0.05, 0) is 18.2 Å². The number of amides is 1. The van der Waals surface area contributed by atoms with Crippen LogP contribution in [0.3, 0.4) is 0 Å². The number of anilines is 2. The molecule has 0 saturated carbocycles. The topological polar surface area (TPSA) is 84.3 Å². The predicted molar refractivity (Wildman–Crippen MR) is 81.2 cm³/mol. The molecule has 0 aliphatic carbocycles. The molecule has 0 radical (unpaired) electrons. The number of carbonyl (C=O) groups excluding carboxylic acids is 1. The molecule has 0 atom stereocenters. The van der Waals surface area contributed by atoms with E-state index in [4.69, 9.17) is 0 Å². The minimum atomic E-state index is -0.512. The summed E-state index contributed by atoms with van der Waals surface area (Å²) in [5.41, 5.74) is 0.390. The monoisotopic (exact) mass is 303 g/mol. The molecule has 0 heterocycles. The molecule has 2 N–H and O–H groups in total. The number of nitrogens with zero attached hydrogens (tertiary/aromatic N) is 1. The molecule has 6 nitrogen and oxygen atoms in total. The normalized spacial score (nSPS) is 10.0. The molecule has 0 spiro atoms. The second-order valence-corrected chi connectivity index (χ2v) is 4.48. The fourth-order valence-electron chi connectivity index (χ4n) is 1.87. The number of nitro benzene ring substituents is 1. The third kappa shape index (κ3) is 4.02. The van der Waals surface area contributed by atoms with Gasteiger partial charge in [0.05, 0.1) is 10.6 Å². The van der Waals surface area contributed by atoms with E-state index in [9.17, 15) is 19.3 Å². The minimum Gasteiger partial charge on any atom is -0.379 e. The second kappa shape index (κ2) is 7.16. The van der Waals surface area contributed by atoms with Crippen LogP contribution in [0.1, 0.15) is 6.42 Å². The van der Waals surface area contributed by atoms with Gasteiger partial charge in [-0.2, -0.15) is 0 Å². The van der Waals surface area contributed by atoms with Crippen molar-refractivity contribution >= 4 is 23.0 Å². The van der Waals surface area contributed by atoms with Crippen LogP contribution in [0.5, 0.6) is 0 Å². The standard InChI is InChI=1S/C15H14FN3O3/c16-11-5-1-2-6-12(11)18-15(20)9-10-17-13-7-3-4-8-14(13)19(21)22/h1-8,17H,9-10H2,(H,18,20). The first-order valence-corrected chi connectivity index (χ1v) is 6.59. The molecule has 2 rings (SSSR count). The Morgan fingerprint density at radius 2 is 1.73 bits per heavy atom.